The van der Waals surface area contributed by atoms with E-state index in [0.717, 1.165) is 19.0 Å². The van der Waals surface area contributed by atoms with E-state index in [1.54, 1.807) is 0 Å². The van der Waals surface area contributed by atoms with Crippen molar-refractivity contribution in [2.24, 2.45) is 16.1 Å². The monoisotopic (exact) mass is 181 g/mol. The third-order valence-corrected chi connectivity index (χ3v) is 3.18. The minimum absolute atomic E-state index is 0.490. The fraction of sp³-hybridized carbons (Fsp3) is 0.900. The summed E-state index contributed by atoms with van der Waals surface area (Å²) in [5, 5.41) is 0. The Bertz CT molecular complexity index is 224. The van der Waals surface area contributed by atoms with E-state index in [2.05, 4.69) is 23.7 Å². The maximum Gasteiger partial charge on any atom is 0.191 e. The second-order valence-corrected chi connectivity index (χ2v) is 4.74. The highest BCUT2D eigenvalue weighted by molar-refractivity contribution is 5.79. The molecule has 3 heteroatoms. The molecule has 1 saturated carbocycles. The lowest BCUT2D eigenvalue weighted by Crippen LogP contribution is -2.58. The summed E-state index contributed by atoms with van der Waals surface area (Å²) >= 11 is 0. The van der Waals surface area contributed by atoms with E-state index in [1.807, 2.05) is 0 Å². The Balaban J connectivity index is 1.84. The van der Waals surface area contributed by atoms with Crippen molar-refractivity contribution in [3.05, 3.63) is 0 Å². The first-order valence-corrected chi connectivity index (χ1v) is 5.21. The Morgan fingerprint density at radius 2 is 2.15 bits per heavy atom. The van der Waals surface area contributed by atoms with Crippen LogP contribution < -0.4 is 5.73 Å². The van der Waals surface area contributed by atoms with Crippen molar-refractivity contribution < 1.29 is 0 Å². The van der Waals surface area contributed by atoms with Crippen LogP contribution in [0.1, 0.15) is 33.1 Å². The van der Waals surface area contributed by atoms with Crippen LogP contribution in [-0.2, 0) is 0 Å². The largest absolute Gasteiger partial charge is 0.370 e. The van der Waals surface area contributed by atoms with Gasteiger partial charge in [0.25, 0.3) is 0 Å². The van der Waals surface area contributed by atoms with Gasteiger partial charge in [-0.15, -0.1) is 0 Å². The SMILES string of the molecule is CCC1(C)CN(C(N)=NC2CC2)C1. The molecule has 1 heterocycles. The van der Waals surface area contributed by atoms with E-state index in [9.17, 15) is 0 Å². The summed E-state index contributed by atoms with van der Waals surface area (Å²) in [6.07, 6.45) is 3.71. The third kappa shape index (κ3) is 1.79. The van der Waals surface area contributed by atoms with Crippen LogP contribution in [0.15, 0.2) is 4.99 Å². The highest BCUT2D eigenvalue weighted by atomic mass is 15.3. The van der Waals surface area contributed by atoms with E-state index in [4.69, 9.17) is 5.73 Å². The summed E-state index contributed by atoms with van der Waals surface area (Å²) in [6.45, 7) is 6.73. The van der Waals surface area contributed by atoms with Gasteiger partial charge in [-0.3, -0.25) is 0 Å². The first-order valence-electron chi connectivity index (χ1n) is 5.21. The van der Waals surface area contributed by atoms with Crippen LogP contribution in [-0.4, -0.2) is 30.0 Å². The molecule has 1 saturated heterocycles. The molecule has 0 atom stereocenters. The van der Waals surface area contributed by atoms with Crippen molar-refractivity contribution in [1.29, 1.82) is 0 Å². The molecule has 2 N–H and O–H groups in total. The summed E-state index contributed by atoms with van der Waals surface area (Å²) in [4.78, 5) is 6.63. The molecule has 3 nitrogen and oxygen atoms in total. The van der Waals surface area contributed by atoms with E-state index in [1.165, 1.54) is 19.3 Å². The molecular weight excluding hydrogens is 162 g/mol. The Morgan fingerprint density at radius 3 is 2.62 bits per heavy atom. The minimum Gasteiger partial charge on any atom is -0.370 e. The molecule has 74 valence electrons. The highest BCUT2D eigenvalue weighted by Crippen LogP contribution is 2.33. The minimum atomic E-state index is 0.490. The molecule has 0 aromatic rings. The standard InChI is InChI=1S/C10H19N3/c1-3-10(2)6-13(7-10)9(11)12-8-4-5-8/h8H,3-7H2,1-2H3,(H2,11,12). The molecule has 0 aromatic heterocycles. The Kier molecular flexibility index (Phi) is 1.97. The molecule has 2 fully saturated rings. The van der Waals surface area contributed by atoms with Crippen molar-refractivity contribution in [2.75, 3.05) is 13.1 Å². The number of hydrogen-bond donors (Lipinski definition) is 1. The summed E-state index contributed by atoms with van der Waals surface area (Å²) in [7, 11) is 0. The average molecular weight is 181 g/mol. The van der Waals surface area contributed by atoms with Crippen molar-refractivity contribution in [3.8, 4) is 0 Å². The number of hydrogen-bond acceptors (Lipinski definition) is 1. The van der Waals surface area contributed by atoms with Crippen molar-refractivity contribution >= 4 is 5.96 Å². The predicted octanol–water partition coefficient (Wildman–Crippen LogP) is 1.20. The average Bonchev–Trinajstić information content (AvgIpc) is 2.82. The molecular formula is C10H19N3. The molecule has 13 heavy (non-hydrogen) atoms. The fourth-order valence-corrected chi connectivity index (χ4v) is 1.73. The van der Waals surface area contributed by atoms with Gasteiger partial charge in [0.2, 0.25) is 0 Å². The summed E-state index contributed by atoms with van der Waals surface area (Å²) in [5.74, 6) is 0.772. The van der Waals surface area contributed by atoms with Gasteiger partial charge in [-0.05, 0) is 19.3 Å². The lowest BCUT2D eigenvalue weighted by molar-refractivity contribution is 0.0729. The maximum absolute atomic E-state index is 5.87. The molecule has 2 aliphatic rings. The normalized spacial score (nSPS) is 27.2. The van der Waals surface area contributed by atoms with Gasteiger partial charge in [0.1, 0.15) is 0 Å². The van der Waals surface area contributed by atoms with Crippen molar-refractivity contribution in [1.82, 2.24) is 4.90 Å². The molecule has 0 spiro atoms. The summed E-state index contributed by atoms with van der Waals surface area (Å²) in [6, 6.07) is 0.550. The van der Waals surface area contributed by atoms with Crippen LogP contribution in [0.25, 0.3) is 0 Å². The van der Waals surface area contributed by atoms with Gasteiger partial charge in [0, 0.05) is 18.5 Å². The fourth-order valence-electron chi connectivity index (χ4n) is 1.73. The molecule has 1 aliphatic heterocycles. The topological polar surface area (TPSA) is 41.6 Å². The van der Waals surface area contributed by atoms with E-state index < -0.39 is 0 Å². The van der Waals surface area contributed by atoms with Gasteiger partial charge in [-0.1, -0.05) is 13.8 Å². The number of likely N-dealkylation sites (tertiary alicyclic amines) is 1. The lowest BCUT2D eigenvalue weighted by Gasteiger charge is -2.48. The molecule has 0 unspecified atom stereocenters. The highest BCUT2D eigenvalue weighted by Gasteiger charge is 2.38. The summed E-state index contributed by atoms with van der Waals surface area (Å²) < 4.78 is 0. The molecule has 0 radical (unpaired) electrons. The molecule has 2 rings (SSSR count). The lowest BCUT2D eigenvalue weighted by atomic mass is 9.80. The van der Waals surface area contributed by atoms with Crippen LogP contribution in [0.4, 0.5) is 0 Å². The zero-order valence-electron chi connectivity index (χ0n) is 8.58. The Morgan fingerprint density at radius 1 is 1.54 bits per heavy atom. The first kappa shape index (κ1) is 8.85. The Labute approximate surface area is 80.0 Å². The quantitative estimate of drug-likeness (QED) is 0.513. The van der Waals surface area contributed by atoms with E-state index in [-0.39, 0.29) is 0 Å². The molecule has 0 amide bonds. The van der Waals surface area contributed by atoms with E-state index in [0.29, 0.717) is 11.5 Å². The van der Waals surface area contributed by atoms with Gasteiger partial charge < -0.3 is 10.6 Å². The number of rotatable bonds is 2. The zero-order valence-corrected chi connectivity index (χ0v) is 8.58. The van der Waals surface area contributed by atoms with Crippen LogP contribution in [0.3, 0.4) is 0 Å². The van der Waals surface area contributed by atoms with Crippen molar-refractivity contribution in [3.63, 3.8) is 0 Å². The molecule has 0 aromatic carbocycles. The van der Waals surface area contributed by atoms with Gasteiger partial charge in [-0.25, -0.2) is 4.99 Å². The smallest absolute Gasteiger partial charge is 0.191 e. The van der Waals surface area contributed by atoms with Crippen molar-refractivity contribution in [2.45, 2.75) is 39.2 Å². The number of aliphatic imine (C=N–C) groups is 1. The third-order valence-electron chi connectivity index (χ3n) is 3.18. The number of guanidine groups is 1. The summed E-state index contributed by atoms with van der Waals surface area (Å²) in [5.41, 5.74) is 6.36. The first-order chi connectivity index (χ1) is 6.13. The van der Waals surface area contributed by atoms with Crippen LogP contribution in [0.2, 0.25) is 0 Å². The van der Waals surface area contributed by atoms with Crippen LogP contribution >= 0.6 is 0 Å². The number of nitrogens with zero attached hydrogens (tertiary/aromatic N) is 2. The Hall–Kier alpha value is -0.730. The van der Waals surface area contributed by atoms with E-state index >= 15 is 0 Å². The molecule has 1 aliphatic carbocycles. The predicted molar refractivity (Wildman–Crippen MR) is 54.6 cm³/mol. The second kappa shape index (κ2) is 2.89. The maximum atomic E-state index is 5.87. The van der Waals surface area contributed by atoms with Gasteiger partial charge in [0.05, 0.1) is 6.04 Å². The van der Waals surface area contributed by atoms with Gasteiger partial charge in [0.15, 0.2) is 5.96 Å². The van der Waals surface area contributed by atoms with Gasteiger partial charge in [-0.2, -0.15) is 0 Å². The van der Waals surface area contributed by atoms with Gasteiger partial charge >= 0.3 is 0 Å². The van der Waals surface area contributed by atoms with Crippen LogP contribution in [0.5, 0.6) is 0 Å². The molecule has 0 bridgehead atoms. The number of nitrogens with two attached hydrogens (primary N) is 1. The van der Waals surface area contributed by atoms with Crippen LogP contribution in [0, 0.1) is 5.41 Å². The zero-order chi connectivity index (χ0) is 9.47. The second-order valence-electron chi connectivity index (χ2n) is 4.74.